The van der Waals surface area contributed by atoms with Crippen LogP contribution in [-0.2, 0) is 11.2 Å². The summed E-state index contributed by atoms with van der Waals surface area (Å²) in [6, 6.07) is 7.67. The molecule has 18 heavy (non-hydrogen) atoms. The Bertz CT molecular complexity index is 366. The molecule has 0 atom stereocenters. The molecule has 0 aliphatic rings. The molecule has 0 fully saturated rings. The average Bonchev–Trinajstić information content (AvgIpc) is 2.37. The summed E-state index contributed by atoms with van der Waals surface area (Å²) < 4.78 is 0. The fourth-order valence-electron chi connectivity index (χ4n) is 1.69. The third kappa shape index (κ3) is 5.68. The molecule has 0 radical (unpaired) electrons. The number of hydrogen-bond donors (Lipinski definition) is 3. The van der Waals surface area contributed by atoms with Crippen molar-refractivity contribution in [2.45, 2.75) is 26.2 Å². The molecule has 4 N–H and O–H groups in total. The Labute approximate surface area is 109 Å². The van der Waals surface area contributed by atoms with Crippen LogP contribution in [0.15, 0.2) is 24.3 Å². The fraction of sp³-hybridized carbons (Fsp3) is 0.500. The summed E-state index contributed by atoms with van der Waals surface area (Å²) in [7, 11) is 0. The summed E-state index contributed by atoms with van der Waals surface area (Å²) in [6.07, 6.45) is 2.30. The summed E-state index contributed by atoms with van der Waals surface area (Å²) in [5.74, 6) is 0.0801. The molecule has 100 valence electrons. The van der Waals surface area contributed by atoms with E-state index in [0.717, 1.165) is 30.8 Å². The zero-order chi connectivity index (χ0) is 13.2. The fourth-order valence-corrected chi connectivity index (χ4v) is 1.69. The monoisotopic (exact) mass is 249 g/mol. The summed E-state index contributed by atoms with van der Waals surface area (Å²) in [5, 5.41) is 6.13. The highest BCUT2D eigenvalue weighted by atomic mass is 16.1. The lowest BCUT2D eigenvalue weighted by Gasteiger charge is -2.07. The number of rotatable bonds is 8. The van der Waals surface area contributed by atoms with Gasteiger partial charge in [0.1, 0.15) is 0 Å². The predicted molar refractivity (Wildman–Crippen MR) is 75.3 cm³/mol. The zero-order valence-corrected chi connectivity index (χ0v) is 11.0. The summed E-state index contributed by atoms with van der Waals surface area (Å²) >= 11 is 0. The van der Waals surface area contributed by atoms with Crippen LogP contribution >= 0.6 is 0 Å². The molecule has 1 aromatic carbocycles. The average molecular weight is 249 g/mol. The highest BCUT2D eigenvalue weighted by molar-refractivity contribution is 5.76. The lowest BCUT2D eigenvalue weighted by atomic mass is 10.1. The van der Waals surface area contributed by atoms with Gasteiger partial charge in [-0.15, -0.1) is 0 Å². The van der Waals surface area contributed by atoms with Crippen LogP contribution in [0.2, 0.25) is 0 Å². The molecule has 0 saturated heterocycles. The van der Waals surface area contributed by atoms with E-state index >= 15 is 0 Å². The number of nitrogen functional groups attached to an aromatic ring is 1. The van der Waals surface area contributed by atoms with Gasteiger partial charge in [-0.25, -0.2) is 0 Å². The van der Waals surface area contributed by atoms with Gasteiger partial charge in [0.25, 0.3) is 0 Å². The number of nitrogens with two attached hydrogens (primary N) is 1. The van der Waals surface area contributed by atoms with Gasteiger partial charge in [-0.05, 0) is 31.0 Å². The summed E-state index contributed by atoms with van der Waals surface area (Å²) in [6.45, 7) is 4.63. The Kier molecular flexibility index (Phi) is 6.87. The van der Waals surface area contributed by atoms with Gasteiger partial charge < -0.3 is 16.4 Å². The van der Waals surface area contributed by atoms with Gasteiger partial charge >= 0.3 is 0 Å². The van der Waals surface area contributed by atoms with Crippen LogP contribution in [0.25, 0.3) is 0 Å². The first kappa shape index (κ1) is 14.5. The number of hydrogen-bond acceptors (Lipinski definition) is 3. The van der Waals surface area contributed by atoms with E-state index < -0.39 is 0 Å². The lowest BCUT2D eigenvalue weighted by Crippen LogP contribution is -2.32. The van der Waals surface area contributed by atoms with Gasteiger partial charge in [0.2, 0.25) is 5.91 Å². The van der Waals surface area contributed by atoms with Crippen molar-refractivity contribution in [1.29, 1.82) is 0 Å². The quantitative estimate of drug-likeness (QED) is 0.481. The Hall–Kier alpha value is -1.55. The summed E-state index contributed by atoms with van der Waals surface area (Å²) in [4.78, 5) is 11.6. The number of amides is 1. The van der Waals surface area contributed by atoms with E-state index in [2.05, 4.69) is 17.6 Å². The van der Waals surface area contributed by atoms with E-state index in [1.165, 1.54) is 0 Å². The van der Waals surface area contributed by atoms with E-state index in [1.807, 2.05) is 24.3 Å². The highest BCUT2D eigenvalue weighted by Gasteiger charge is 2.03. The Morgan fingerprint density at radius 2 is 2.00 bits per heavy atom. The molecule has 4 heteroatoms. The van der Waals surface area contributed by atoms with Crippen molar-refractivity contribution in [3.8, 4) is 0 Å². The first-order chi connectivity index (χ1) is 8.74. The van der Waals surface area contributed by atoms with E-state index in [4.69, 9.17) is 5.73 Å². The zero-order valence-electron chi connectivity index (χ0n) is 11.0. The van der Waals surface area contributed by atoms with Crippen LogP contribution in [-0.4, -0.2) is 25.5 Å². The molecule has 0 unspecified atom stereocenters. The van der Waals surface area contributed by atoms with Crippen molar-refractivity contribution in [3.63, 3.8) is 0 Å². The van der Waals surface area contributed by atoms with Crippen molar-refractivity contribution in [1.82, 2.24) is 10.6 Å². The minimum absolute atomic E-state index is 0.0801. The second kappa shape index (κ2) is 8.53. The van der Waals surface area contributed by atoms with Crippen molar-refractivity contribution < 1.29 is 4.79 Å². The molecular weight excluding hydrogens is 226 g/mol. The van der Waals surface area contributed by atoms with Crippen LogP contribution in [0.5, 0.6) is 0 Å². The van der Waals surface area contributed by atoms with Gasteiger partial charge in [0.15, 0.2) is 0 Å². The maximum atomic E-state index is 11.6. The SMILES string of the molecule is CCCNCCNC(=O)CCc1ccccc1N. The van der Waals surface area contributed by atoms with Crippen LogP contribution in [0.1, 0.15) is 25.3 Å². The molecule has 1 amide bonds. The molecular formula is C14H23N3O. The standard InChI is InChI=1S/C14H23N3O/c1-2-9-16-10-11-17-14(18)8-7-12-5-3-4-6-13(12)15/h3-6,16H,2,7-11,15H2,1H3,(H,17,18). The Balaban J connectivity index is 2.15. The third-order valence-electron chi connectivity index (χ3n) is 2.73. The normalized spacial score (nSPS) is 10.3. The third-order valence-corrected chi connectivity index (χ3v) is 2.73. The van der Waals surface area contributed by atoms with Crippen LogP contribution in [0.4, 0.5) is 5.69 Å². The van der Waals surface area contributed by atoms with E-state index in [1.54, 1.807) is 0 Å². The number of benzene rings is 1. The minimum atomic E-state index is 0.0801. The molecule has 0 spiro atoms. The van der Waals surface area contributed by atoms with E-state index in [-0.39, 0.29) is 5.91 Å². The van der Waals surface area contributed by atoms with Gasteiger partial charge in [-0.2, -0.15) is 0 Å². The number of nitrogens with one attached hydrogen (secondary N) is 2. The molecule has 0 saturated carbocycles. The number of aryl methyl sites for hydroxylation is 1. The summed E-state index contributed by atoms with van der Waals surface area (Å²) in [5.41, 5.74) is 7.62. The smallest absolute Gasteiger partial charge is 0.220 e. The molecule has 0 aliphatic carbocycles. The molecule has 0 aliphatic heterocycles. The molecule has 1 rings (SSSR count). The van der Waals surface area contributed by atoms with Crippen molar-refractivity contribution in [3.05, 3.63) is 29.8 Å². The van der Waals surface area contributed by atoms with Gasteiger partial charge in [-0.3, -0.25) is 4.79 Å². The predicted octanol–water partition coefficient (Wildman–Crippen LogP) is 1.32. The second-order valence-corrected chi connectivity index (χ2v) is 4.30. The number of carbonyl (C=O) groups is 1. The number of carbonyl (C=O) groups excluding carboxylic acids is 1. The van der Waals surface area contributed by atoms with Gasteiger partial charge in [0, 0.05) is 25.2 Å². The molecule has 4 nitrogen and oxygen atoms in total. The number of para-hydroxylation sites is 1. The van der Waals surface area contributed by atoms with E-state index in [9.17, 15) is 4.79 Å². The van der Waals surface area contributed by atoms with Crippen molar-refractivity contribution in [2.75, 3.05) is 25.4 Å². The topological polar surface area (TPSA) is 67.1 Å². The van der Waals surface area contributed by atoms with Crippen LogP contribution in [0, 0.1) is 0 Å². The first-order valence-electron chi connectivity index (χ1n) is 6.55. The molecule has 0 bridgehead atoms. The van der Waals surface area contributed by atoms with Crippen LogP contribution < -0.4 is 16.4 Å². The number of anilines is 1. The van der Waals surface area contributed by atoms with Crippen molar-refractivity contribution in [2.24, 2.45) is 0 Å². The van der Waals surface area contributed by atoms with Gasteiger partial charge in [0.05, 0.1) is 0 Å². The molecule has 1 aromatic rings. The Morgan fingerprint density at radius 3 is 2.72 bits per heavy atom. The molecule has 0 aromatic heterocycles. The highest BCUT2D eigenvalue weighted by Crippen LogP contribution is 2.12. The van der Waals surface area contributed by atoms with Crippen LogP contribution in [0.3, 0.4) is 0 Å². The first-order valence-corrected chi connectivity index (χ1v) is 6.55. The maximum Gasteiger partial charge on any atom is 0.220 e. The second-order valence-electron chi connectivity index (χ2n) is 4.30. The molecule has 0 heterocycles. The Morgan fingerprint density at radius 1 is 1.22 bits per heavy atom. The lowest BCUT2D eigenvalue weighted by molar-refractivity contribution is -0.121. The van der Waals surface area contributed by atoms with Gasteiger partial charge in [-0.1, -0.05) is 25.1 Å². The van der Waals surface area contributed by atoms with Crippen molar-refractivity contribution >= 4 is 11.6 Å². The largest absolute Gasteiger partial charge is 0.399 e. The maximum absolute atomic E-state index is 11.6. The minimum Gasteiger partial charge on any atom is -0.399 e. The van der Waals surface area contributed by atoms with E-state index in [0.29, 0.717) is 19.4 Å².